The molecule has 114 valence electrons. The van der Waals surface area contributed by atoms with Gasteiger partial charge < -0.3 is 20.4 Å². The van der Waals surface area contributed by atoms with Crippen LogP contribution < -0.4 is 11.1 Å². The SMILES string of the molecule is COCCNCc1ccc2c(ccn2CC(C)C(N)=O)c1. The van der Waals surface area contributed by atoms with Crippen molar-refractivity contribution in [3.05, 3.63) is 36.0 Å². The number of nitrogens with zero attached hydrogens (tertiary/aromatic N) is 1. The third kappa shape index (κ3) is 4.06. The number of hydrogen-bond donors (Lipinski definition) is 2. The predicted molar refractivity (Wildman–Crippen MR) is 83.9 cm³/mol. The highest BCUT2D eigenvalue weighted by molar-refractivity contribution is 5.81. The highest BCUT2D eigenvalue weighted by Gasteiger charge is 2.11. The highest BCUT2D eigenvalue weighted by atomic mass is 16.5. The first-order valence-corrected chi connectivity index (χ1v) is 7.18. The molecule has 1 atom stereocenters. The van der Waals surface area contributed by atoms with Crippen molar-refractivity contribution in [2.24, 2.45) is 11.7 Å². The molecule has 0 aliphatic carbocycles. The number of carbonyl (C=O) groups is 1. The van der Waals surface area contributed by atoms with Gasteiger partial charge in [0.05, 0.1) is 12.5 Å². The molecule has 3 N–H and O–H groups in total. The zero-order chi connectivity index (χ0) is 15.2. The zero-order valence-corrected chi connectivity index (χ0v) is 12.6. The minimum atomic E-state index is -0.268. The van der Waals surface area contributed by atoms with E-state index in [2.05, 4.69) is 34.1 Å². The molecule has 0 aliphatic heterocycles. The third-order valence-electron chi connectivity index (χ3n) is 3.60. The van der Waals surface area contributed by atoms with Gasteiger partial charge >= 0.3 is 0 Å². The smallest absolute Gasteiger partial charge is 0.222 e. The van der Waals surface area contributed by atoms with Crippen LogP contribution >= 0.6 is 0 Å². The minimum absolute atomic E-state index is 0.170. The second-order valence-corrected chi connectivity index (χ2v) is 5.33. The predicted octanol–water partition coefficient (Wildman–Crippen LogP) is 1.50. The molecule has 1 unspecified atom stereocenters. The van der Waals surface area contributed by atoms with Crippen LogP contribution in [0.25, 0.3) is 10.9 Å². The number of ether oxygens (including phenoxy) is 1. The summed E-state index contributed by atoms with van der Waals surface area (Å²) in [6.07, 6.45) is 2.01. The van der Waals surface area contributed by atoms with Gasteiger partial charge in [-0.25, -0.2) is 0 Å². The van der Waals surface area contributed by atoms with Crippen molar-refractivity contribution < 1.29 is 9.53 Å². The monoisotopic (exact) mass is 289 g/mol. The Kier molecular flexibility index (Phi) is 5.36. The number of rotatable bonds is 8. The molecular formula is C16H23N3O2. The Balaban J connectivity index is 2.06. The van der Waals surface area contributed by atoms with Gasteiger partial charge in [-0.2, -0.15) is 0 Å². The van der Waals surface area contributed by atoms with Crippen LogP contribution in [-0.4, -0.2) is 30.7 Å². The first kappa shape index (κ1) is 15.5. The van der Waals surface area contributed by atoms with E-state index in [0.29, 0.717) is 13.2 Å². The number of carbonyl (C=O) groups excluding carboxylic acids is 1. The number of nitrogens with two attached hydrogens (primary N) is 1. The van der Waals surface area contributed by atoms with Crippen molar-refractivity contribution in [3.8, 4) is 0 Å². The van der Waals surface area contributed by atoms with Crippen LogP contribution in [0.5, 0.6) is 0 Å². The molecule has 1 aromatic heterocycles. The Morgan fingerprint density at radius 1 is 1.43 bits per heavy atom. The number of fused-ring (bicyclic) bond motifs is 1. The minimum Gasteiger partial charge on any atom is -0.383 e. The largest absolute Gasteiger partial charge is 0.383 e. The van der Waals surface area contributed by atoms with E-state index in [4.69, 9.17) is 10.5 Å². The van der Waals surface area contributed by atoms with Crippen LogP contribution in [0.1, 0.15) is 12.5 Å². The molecule has 2 aromatic rings. The van der Waals surface area contributed by atoms with Crippen LogP contribution in [0.15, 0.2) is 30.5 Å². The maximum atomic E-state index is 11.2. The fourth-order valence-corrected chi connectivity index (χ4v) is 2.31. The van der Waals surface area contributed by atoms with E-state index >= 15 is 0 Å². The van der Waals surface area contributed by atoms with E-state index in [9.17, 15) is 4.79 Å². The van der Waals surface area contributed by atoms with Gasteiger partial charge in [0, 0.05) is 38.5 Å². The van der Waals surface area contributed by atoms with E-state index in [0.717, 1.165) is 18.6 Å². The summed E-state index contributed by atoms with van der Waals surface area (Å²) in [6, 6.07) is 8.44. The van der Waals surface area contributed by atoms with E-state index in [-0.39, 0.29) is 11.8 Å². The van der Waals surface area contributed by atoms with Gasteiger partial charge in [0.15, 0.2) is 0 Å². The van der Waals surface area contributed by atoms with Gasteiger partial charge in [-0.1, -0.05) is 13.0 Å². The fourth-order valence-electron chi connectivity index (χ4n) is 2.31. The summed E-state index contributed by atoms with van der Waals surface area (Å²) in [5.74, 6) is -0.438. The Hall–Kier alpha value is -1.85. The molecule has 1 heterocycles. The molecule has 5 nitrogen and oxygen atoms in total. The molecule has 1 aromatic carbocycles. The summed E-state index contributed by atoms with van der Waals surface area (Å²) in [7, 11) is 1.70. The van der Waals surface area contributed by atoms with Crippen molar-refractivity contribution in [2.45, 2.75) is 20.0 Å². The molecule has 0 saturated heterocycles. The van der Waals surface area contributed by atoms with Crippen LogP contribution in [0, 0.1) is 5.92 Å². The lowest BCUT2D eigenvalue weighted by molar-refractivity contribution is -0.121. The topological polar surface area (TPSA) is 69.3 Å². The normalized spacial score (nSPS) is 12.7. The van der Waals surface area contributed by atoms with E-state index in [1.165, 1.54) is 10.9 Å². The Labute approximate surface area is 125 Å². The standard InChI is InChI=1S/C16H23N3O2/c1-12(16(17)20)11-19-7-5-14-9-13(3-4-15(14)19)10-18-6-8-21-2/h3-5,7,9,12,18H,6,8,10-11H2,1-2H3,(H2,17,20). The molecule has 0 fully saturated rings. The second kappa shape index (κ2) is 7.24. The summed E-state index contributed by atoms with van der Waals surface area (Å²) < 4.78 is 7.08. The Morgan fingerprint density at radius 2 is 2.24 bits per heavy atom. The number of hydrogen-bond acceptors (Lipinski definition) is 3. The molecule has 21 heavy (non-hydrogen) atoms. The van der Waals surface area contributed by atoms with Crippen LogP contribution in [0.3, 0.4) is 0 Å². The molecule has 2 rings (SSSR count). The van der Waals surface area contributed by atoms with E-state index in [1.54, 1.807) is 7.11 Å². The van der Waals surface area contributed by atoms with E-state index in [1.807, 2.05) is 13.1 Å². The second-order valence-electron chi connectivity index (χ2n) is 5.33. The lowest BCUT2D eigenvalue weighted by Crippen LogP contribution is -2.24. The van der Waals surface area contributed by atoms with Gasteiger partial charge in [-0.3, -0.25) is 4.79 Å². The van der Waals surface area contributed by atoms with Gasteiger partial charge in [-0.05, 0) is 29.1 Å². The molecule has 0 aliphatic rings. The summed E-state index contributed by atoms with van der Waals surface area (Å²) in [4.78, 5) is 11.2. The van der Waals surface area contributed by atoms with Gasteiger partial charge in [0.25, 0.3) is 0 Å². The Morgan fingerprint density at radius 3 is 2.95 bits per heavy atom. The number of primary amides is 1. The van der Waals surface area contributed by atoms with Gasteiger partial charge in [0.2, 0.25) is 5.91 Å². The molecular weight excluding hydrogens is 266 g/mol. The maximum absolute atomic E-state index is 11.2. The summed E-state index contributed by atoms with van der Waals surface area (Å²) >= 11 is 0. The van der Waals surface area contributed by atoms with Crippen molar-refractivity contribution >= 4 is 16.8 Å². The molecule has 0 bridgehead atoms. The first-order chi connectivity index (χ1) is 10.1. The van der Waals surface area contributed by atoms with Gasteiger partial charge in [-0.15, -0.1) is 0 Å². The fraction of sp³-hybridized carbons (Fsp3) is 0.438. The molecule has 0 spiro atoms. The van der Waals surface area contributed by atoms with Crippen molar-refractivity contribution in [1.82, 2.24) is 9.88 Å². The molecule has 1 amide bonds. The third-order valence-corrected chi connectivity index (χ3v) is 3.60. The first-order valence-electron chi connectivity index (χ1n) is 7.18. The summed E-state index contributed by atoms with van der Waals surface area (Å²) in [6.45, 7) is 4.84. The summed E-state index contributed by atoms with van der Waals surface area (Å²) in [5, 5.41) is 4.51. The number of amides is 1. The van der Waals surface area contributed by atoms with Crippen LogP contribution in [0.2, 0.25) is 0 Å². The zero-order valence-electron chi connectivity index (χ0n) is 12.6. The average Bonchev–Trinajstić information content (AvgIpc) is 2.86. The van der Waals surface area contributed by atoms with Crippen molar-refractivity contribution in [2.75, 3.05) is 20.3 Å². The number of aromatic nitrogens is 1. The van der Waals surface area contributed by atoms with Gasteiger partial charge in [0.1, 0.15) is 0 Å². The number of nitrogens with one attached hydrogen (secondary N) is 1. The molecule has 0 radical (unpaired) electrons. The highest BCUT2D eigenvalue weighted by Crippen LogP contribution is 2.19. The van der Waals surface area contributed by atoms with Crippen molar-refractivity contribution in [3.63, 3.8) is 0 Å². The average molecular weight is 289 g/mol. The summed E-state index contributed by atoms with van der Waals surface area (Å²) in [5.41, 5.74) is 7.69. The van der Waals surface area contributed by atoms with Crippen molar-refractivity contribution in [1.29, 1.82) is 0 Å². The lowest BCUT2D eigenvalue weighted by atomic mass is 10.1. The number of benzene rings is 1. The quantitative estimate of drug-likeness (QED) is 0.724. The number of methoxy groups -OCH3 is 1. The maximum Gasteiger partial charge on any atom is 0.222 e. The van der Waals surface area contributed by atoms with Crippen LogP contribution in [0.4, 0.5) is 0 Å². The molecule has 5 heteroatoms. The lowest BCUT2D eigenvalue weighted by Gasteiger charge is -2.10. The van der Waals surface area contributed by atoms with E-state index < -0.39 is 0 Å². The molecule has 0 saturated carbocycles. The Bertz CT molecular complexity index is 607. The van der Waals surface area contributed by atoms with Crippen LogP contribution in [-0.2, 0) is 22.6 Å².